The molecule has 4 rings (SSSR count). The van der Waals surface area contributed by atoms with Crippen LogP contribution in [0.5, 0.6) is 0 Å². The summed E-state index contributed by atoms with van der Waals surface area (Å²) in [5.41, 5.74) is 4.59. The number of ether oxygens (including phenoxy) is 1. The van der Waals surface area contributed by atoms with Gasteiger partial charge in [-0.2, -0.15) is 0 Å². The Labute approximate surface area is 193 Å². The molecule has 2 amide bonds. The molecule has 7 heteroatoms. The number of nitrogens with zero attached hydrogens (tertiary/aromatic N) is 1. The van der Waals surface area contributed by atoms with Crippen molar-refractivity contribution < 1.29 is 24.2 Å². The number of nitrogens with one attached hydrogen (secondary N) is 1. The van der Waals surface area contributed by atoms with E-state index < -0.39 is 24.1 Å². The summed E-state index contributed by atoms with van der Waals surface area (Å²) in [5, 5.41) is 12.2. The minimum absolute atomic E-state index is 0.0338. The number of amides is 2. The minimum Gasteiger partial charge on any atom is -0.480 e. The number of fused-ring (bicyclic) bond motifs is 3. The van der Waals surface area contributed by atoms with Crippen molar-refractivity contribution in [2.45, 2.75) is 57.0 Å². The van der Waals surface area contributed by atoms with Crippen LogP contribution in [0.15, 0.2) is 48.5 Å². The van der Waals surface area contributed by atoms with E-state index in [1.165, 1.54) is 4.90 Å². The summed E-state index contributed by atoms with van der Waals surface area (Å²) in [5.74, 6) is -1.26. The lowest BCUT2D eigenvalue weighted by atomic mass is 9.98. The SMILES string of the molecule is C[C@H](CC(=O)N1CCCCCC1C(=O)O)NC(=O)OCC1c2ccccc2-c2ccccc21. The maximum absolute atomic E-state index is 12.8. The smallest absolute Gasteiger partial charge is 0.407 e. The molecule has 2 aromatic rings. The minimum atomic E-state index is -0.970. The first-order chi connectivity index (χ1) is 16.0. The topological polar surface area (TPSA) is 95.9 Å². The van der Waals surface area contributed by atoms with E-state index in [0.717, 1.165) is 41.5 Å². The van der Waals surface area contributed by atoms with E-state index in [2.05, 4.69) is 29.6 Å². The first-order valence-electron chi connectivity index (χ1n) is 11.6. The van der Waals surface area contributed by atoms with E-state index in [9.17, 15) is 19.5 Å². The molecule has 1 unspecified atom stereocenters. The molecular weight excluding hydrogens is 420 g/mol. The number of rotatable bonds is 6. The highest BCUT2D eigenvalue weighted by molar-refractivity contribution is 5.84. The van der Waals surface area contributed by atoms with Gasteiger partial charge in [0, 0.05) is 24.9 Å². The van der Waals surface area contributed by atoms with Crippen molar-refractivity contribution in [3.05, 3.63) is 59.7 Å². The Morgan fingerprint density at radius 2 is 1.67 bits per heavy atom. The highest BCUT2D eigenvalue weighted by atomic mass is 16.5. The van der Waals surface area contributed by atoms with Crippen LogP contribution in [0.2, 0.25) is 0 Å². The van der Waals surface area contributed by atoms with Crippen molar-refractivity contribution in [3.8, 4) is 11.1 Å². The van der Waals surface area contributed by atoms with E-state index in [4.69, 9.17) is 4.74 Å². The van der Waals surface area contributed by atoms with Crippen molar-refractivity contribution in [2.24, 2.45) is 0 Å². The third-order valence-corrected chi connectivity index (χ3v) is 6.55. The van der Waals surface area contributed by atoms with Crippen LogP contribution in [-0.2, 0) is 14.3 Å². The van der Waals surface area contributed by atoms with E-state index >= 15 is 0 Å². The number of carbonyl (C=O) groups excluding carboxylic acids is 2. The Morgan fingerprint density at radius 1 is 1.03 bits per heavy atom. The second-order valence-corrected chi connectivity index (χ2v) is 8.87. The normalized spacial score (nSPS) is 18.6. The molecule has 1 saturated heterocycles. The van der Waals surface area contributed by atoms with Gasteiger partial charge >= 0.3 is 12.1 Å². The van der Waals surface area contributed by atoms with Crippen molar-refractivity contribution >= 4 is 18.0 Å². The van der Waals surface area contributed by atoms with Crippen LogP contribution in [0.25, 0.3) is 11.1 Å². The highest BCUT2D eigenvalue weighted by Crippen LogP contribution is 2.44. The molecular formula is C26H30N2O5. The number of benzene rings is 2. The average molecular weight is 451 g/mol. The van der Waals surface area contributed by atoms with Gasteiger partial charge in [-0.3, -0.25) is 4.79 Å². The third kappa shape index (κ3) is 5.02. The summed E-state index contributed by atoms with van der Waals surface area (Å²) in [6.07, 6.45) is 2.44. The molecule has 2 aromatic carbocycles. The van der Waals surface area contributed by atoms with Gasteiger partial charge < -0.3 is 20.1 Å². The summed E-state index contributed by atoms with van der Waals surface area (Å²) in [6, 6.07) is 15.0. The largest absolute Gasteiger partial charge is 0.480 e. The zero-order chi connectivity index (χ0) is 23.4. The maximum atomic E-state index is 12.8. The van der Waals surface area contributed by atoms with Gasteiger partial charge in [-0.25, -0.2) is 9.59 Å². The van der Waals surface area contributed by atoms with E-state index in [1.54, 1.807) is 6.92 Å². The molecule has 33 heavy (non-hydrogen) atoms. The molecule has 1 heterocycles. The Hall–Kier alpha value is -3.35. The third-order valence-electron chi connectivity index (χ3n) is 6.55. The van der Waals surface area contributed by atoms with Crippen LogP contribution >= 0.6 is 0 Å². The van der Waals surface area contributed by atoms with Gasteiger partial charge in [0.15, 0.2) is 0 Å². The zero-order valence-corrected chi connectivity index (χ0v) is 18.8. The molecule has 0 aromatic heterocycles. The van der Waals surface area contributed by atoms with Gasteiger partial charge in [-0.15, -0.1) is 0 Å². The van der Waals surface area contributed by atoms with Crippen LogP contribution in [0, 0.1) is 0 Å². The monoisotopic (exact) mass is 450 g/mol. The number of alkyl carbamates (subject to hydrolysis) is 1. The molecule has 2 atom stereocenters. The number of carbonyl (C=O) groups is 3. The van der Waals surface area contributed by atoms with Crippen molar-refractivity contribution in [1.29, 1.82) is 0 Å². The predicted molar refractivity (Wildman–Crippen MR) is 124 cm³/mol. The van der Waals surface area contributed by atoms with Crippen LogP contribution in [0.3, 0.4) is 0 Å². The summed E-state index contributed by atoms with van der Waals surface area (Å²) in [6.45, 7) is 2.37. The molecule has 2 aliphatic rings. The number of carboxylic acids is 1. The second kappa shape index (κ2) is 10.1. The summed E-state index contributed by atoms with van der Waals surface area (Å²) < 4.78 is 5.55. The molecule has 7 nitrogen and oxygen atoms in total. The van der Waals surface area contributed by atoms with E-state index in [-0.39, 0.29) is 24.9 Å². The van der Waals surface area contributed by atoms with Gasteiger partial charge in [0.05, 0.1) is 0 Å². The lowest BCUT2D eigenvalue weighted by Crippen LogP contribution is -2.47. The fourth-order valence-electron chi connectivity index (χ4n) is 4.94. The van der Waals surface area contributed by atoms with Crippen molar-refractivity contribution in [2.75, 3.05) is 13.2 Å². The Morgan fingerprint density at radius 3 is 2.30 bits per heavy atom. The molecule has 0 bridgehead atoms. The quantitative estimate of drug-likeness (QED) is 0.689. The molecule has 0 spiro atoms. The van der Waals surface area contributed by atoms with E-state index in [0.29, 0.717) is 13.0 Å². The molecule has 0 radical (unpaired) electrons. The van der Waals surface area contributed by atoms with Crippen LogP contribution in [0.1, 0.15) is 56.1 Å². The predicted octanol–water partition coefficient (Wildman–Crippen LogP) is 4.16. The van der Waals surface area contributed by atoms with Gasteiger partial charge in [0.25, 0.3) is 0 Å². The fraction of sp³-hybridized carbons (Fsp3) is 0.423. The maximum Gasteiger partial charge on any atom is 0.407 e. The van der Waals surface area contributed by atoms with Crippen molar-refractivity contribution in [3.63, 3.8) is 0 Å². The zero-order valence-electron chi connectivity index (χ0n) is 18.8. The summed E-state index contributed by atoms with van der Waals surface area (Å²) in [7, 11) is 0. The summed E-state index contributed by atoms with van der Waals surface area (Å²) >= 11 is 0. The van der Waals surface area contributed by atoms with Crippen LogP contribution in [0.4, 0.5) is 4.79 Å². The number of likely N-dealkylation sites (tertiary alicyclic amines) is 1. The Kier molecular flexibility index (Phi) is 6.96. The van der Waals surface area contributed by atoms with Crippen molar-refractivity contribution in [1.82, 2.24) is 10.2 Å². The van der Waals surface area contributed by atoms with Gasteiger partial charge in [-0.05, 0) is 42.0 Å². The second-order valence-electron chi connectivity index (χ2n) is 8.87. The fourth-order valence-corrected chi connectivity index (χ4v) is 4.94. The molecule has 1 aliphatic heterocycles. The van der Waals surface area contributed by atoms with Gasteiger partial charge in [0.2, 0.25) is 5.91 Å². The lowest BCUT2D eigenvalue weighted by molar-refractivity contribution is -0.150. The number of carboxylic acid groups (broad SMARTS) is 1. The molecule has 1 aliphatic carbocycles. The Bertz CT molecular complexity index is 991. The van der Waals surface area contributed by atoms with Gasteiger partial charge in [-0.1, -0.05) is 61.4 Å². The Balaban J connectivity index is 1.33. The van der Waals surface area contributed by atoms with Crippen LogP contribution in [-0.4, -0.2) is 53.2 Å². The molecule has 1 fully saturated rings. The molecule has 2 N–H and O–H groups in total. The summed E-state index contributed by atoms with van der Waals surface area (Å²) in [4.78, 5) is 38.3. The van der Waals surface area contributed by atoms with Gasteiger partial charge in [0.1, 0.15) is 12.6 Å². The molecule has 0 saturated carbocycles. The first kappa shape index (κ1) is 22.8. The number of hydrogen-bond acceptors (Lipinski definition) is 4. The lowest BCUT2D eigenvalue weighted by Gasteiger charge is -2.28. The standard InChI is InChI=1S/C26H30N2O5/c1-17(15-24(29)28-14-8-2-3-13-23(28)25(30)31)27-26(32)33-16-22-20-11-6-4-9-18(20)19-10-5-7-12-21(19)22/h4-7,9-12,17,22-23H,2-3,8,13-16H2,1H3,(H,27,32)(H,30,31)/t17-,23?/m1/s1. The number of aliphatic carboxylic acids is 1. The average Bonchev–Trinajstić information content (AvgIpc) is 2.93. The number of hydrogen-bond donors (Lipinski definition) is 2. The molecule has 174 valence electrons. The first-order valence-corrected chi connectivity index (χ1v) is 11.6. The highest BCUT2D eigenvalue weighted by Gasteiger charge is 2.32. The van der Waals surface area contributed by atoms with Crippen LogP contribution < -0.4 is 5.32 Å². The van der Waals surface area contributed by atoms with E-state index in [1.807, 2.05) is 24.3 Å².